The lowest BCUT2D eigenvalue weighted by Crippen LogP contribution is -2.30. The first-order valence-electron chi connectivity index (χ1n) is 47.2. The highest BCUT2D eigenvalue weighted by Gasteiger charge is 2.25. The number of imidazole rings is 4. The molecule has 4 aromatic heterocycles. The van der Waals surface area contributed by atoms with E-state index in [1.807, 2.05) is 42.5 Å². The van der Waals surface area contributed by atoms with E-state index < -0.39 is 0 Å². The molecular weight excluding hydrogens is 1610 g/mol. The first-order valence-corrected chi connectivity index (χ1v) is 47.2. The molecule has 0 spiro atoms. The second kappa shape index (κ2) is 47.9. The van der Waals surface area contributed by atoms with E-state index >= 15 is 0 Å². The van der Waals surface area contributed by atoms with Gasteiger partial charge in [0.05, 0.1) is 116 Å². The Morgan fingerprint density at radius 1 is 0.328 bits per heavy atom. The summed E-state index contributed by atoms with van der Waals surface area (Å²) >= 11 is 0. The van der Waals surface area contributed by atoms with Crippen LogP contribution in [0.2, 0.25) is 0 Å². The van der Waals surface area contributed by atoms with E-state index in [0.717, 1.165) is 204 Å². The molecule has 8 heterocycles. The number of piperidine rings is 4. The molecular formula is C105H138N12O11. The minimum Gasteiger partial charge on any atom is -0.494 e. The molecule has 128 heavy (non-hydrogen) atoms. The van der Waals surface area contributed by atoms with Crippen LogP contribution in [-0.2, 0) is 71.4 Å². The summed E-state index contributed by atoms with van der Waals surface area (Å²) in [5.74, 6) is 10.1. The largest absolute Gasteiger partial charge is 0.494 e. The Morgan fingerprint density at radius 2 is 0.672 bits per heavy atom. The molecule has 684 valence electrons. The summed E-state index contributed by atoms with van der Waals surface area (Å²) < 4.78 is 61.3. The maximum Gasteiger partial charge on any atom is 0.344 e. The van der Waals surface area contributed by atoms with Crippen LogP contribution in [-0.4, -0.2) is 182 Å². The summed E-state index contributed by atoms with van der Waals surface area (Å²) in [7, 11) is 0. The number of carbonyl (C=O) groups is 2. The topological polar surface area (TPSA) is 201 Å². The van der Waals surface area contributed by atoms with Gasteiger partial charge >= 0.3 is 11.9 Å². The predicted molar refractivity (Wildman–Crippen MR) is 510 cm³/mol. The number of fused-ring (bicyclic) bond motifs is 4. The number of benzene rings is 8. The molecule has 8 aromatic carbocycles. The molecule has 0 atom stereocenters. The quantitative estimate of drug-likeness (QED) is 0.0335. The average Bonchev–Trinajstić information content (AvgIpc) is 1.66. The normalized spacial score (nSPS) is 14.7. The molecule has 23 nitrogen and oxygen atoms in total. The Morgan fingerprint density at radius 3 is 1.06 bits per heavy atom. The third-order valence-corrected chi connectivity index (χ3v) is 24.5. The summed E-state index contributed by atoms with van der Waals surface area (Å²) in [4.78, 5) is 53.3. The minimum absolute atomic E-state index is 0.107. The molecule has 16 rings (SSSR count). The smallest absolute Gasteiger partial charge is 0.344 e. The van der Waals surface area contributed by atoms with Crippen molar-refractivity contribution in [1.82, 2.24) is 57.8 Å². The van der Waals surface area contributed by atoms with Gasteiger partial charge < -0.3 is 60.9 Å². The van der Waals surface area contributed by atoms with Crippen LogP contribution in [0.4, 0.5) is 0 Å². The third-order valence-electron chi connectivity index (χ3n) is 24.5. The molecule has 12 aromatic rings. The number of carbonyl (C=O) groups excluding carboxylic acids is 2. The van der Waals surface area contributed by atoms with Gasteiger partial charge in [-0.2, -0.15) is 0 Å². The first-order chi connectivity index (χ1) is 62.4. The van der Waals surface area contributed by atoms with E-state index in [4.69, 9.17) is 62.6 Å². The number of likely N-dealkylation sites (tertiary alicyclic amines) is 4. The van der Waals surface area contributed by atoms with Crippen molar-refractivity contribution in [2.45, 2.75) is 225 Å². The van der Waals surface area contributed by atoms with Crippen molar-refractivity contribution in [3.63, 3.8) is 0 Å². The number of nitrogens with zero attached hydrogens (tertiary/aromatic N) is 12. The van der Waals surface area contributed by atoms with Gasteiger partial charge in [0.1, 0.15) is 90.0 Å². The summed E-state index contributed by atoms with van der Waals surface area (Å²) in [6.07, 6.45) is 16.4. The van der Waals surface area contributed by atoms with Crippen LogP contribution in [0.5, 0.6) is 40.2 Å². The number of hydrogen-bond acceptors (Lipinski definition) is 19. The van der Waals surface area contributed by atoms with Crippen molar-refractivity contribution in [2.75, 3.05) is 112 Å². The maximum absolute atomic E-state index is 11.7. The zero-order valence-electron chi connectivity index (χ0n) is 78.2. The van der Waals surface area contributed by atoms with Crippen LogP contribution in [0.25, 0.3) is 44.1 Å². The van der Waals surface area contributed by atoms with Crippen LogP contribution >= 0.6 is 0 Å². The molecule has 4 aliphatic rings. The van der Waals surface area contributed by atoms with Crippen molar-refractivity contribution in [2.24, 2.45) is 0 Å². The highest BCUT2D eigenvalue weighted by Crippen LogP contribution is 2.33. The molecule has 0 radical (unpaired) electrons. The van der Waals surface area contributed by atoms with Gasteiger partial charge in [0.2, 0.25) is 0 Å². The molecule has 4 aliphatic heterocycles. The Kier molecular flexibility index (Phi) is 35.4. The van der Waals surface area contributed by atoms with E-state index in [0.29, 0.717) is 70.1 Å². The van der Waals surface area contributed by atoms with E-state index in [1.165, 1.54) is 118 Å². The highest BCUT2D eigenvalue weighted by molar-refractivity contribution is 5.81. The van der Waals surface area contributed by atoms with E-state index in [1.54, 1.807) is 13.8 Å². The lowest BCUT2D eigenvalue weighted by Gasteiger charge is -2.26. The number of para-hydroxylation sites is 5. The van der Waals surface area contributed by atoms with Gasteiger partial charge in [0.15, 0.2) is 13.2 Å². The zero-order valence-corrected chi connectivity index (χ0v) is 78.2. The average molecular weight is 1740 g/mol. The van der Waals surface area contributed by atoms with Crippen LogP contribution in [0.3, 0.4) is 0 Å². The molecule has 0 aliphatic carbocycles. The van der Waals surface area contributed by atoms with Gasteiger partial charge in [0, 0.05) is 18.2 Å². The number of esters is 2. The Balaban J connectivity index is 0.000000146. The summed E-state index contributed by atoms with van der Waals surface area (Å²) in [6.45, 7) is 43.9. The van der Waals surface area contributed by atoms with Crippen molar-refractivity contribution >= 4 is 56.1 Å². The van der Waals surface area contributed by atoms with E-state index in [-0.39, 0.29) is 25.2 Å². The second-order valence-electron chi connectivity index (χ2n) is 34.8. The monoisotopic (exact) mass is 1740 g/mol. The Hall–Kier alpha value is -11.0. The van der Waals surface area contributed by atoms with Gasteiger partial charge in [-0.25, -0.2) is 29.5 Å². The molecule has 0 N–H and O–H groups in total. The molecule has 4 saturated heterocycles. The number of aromatic nitrogens is 8. The second-order valence-corrected chi connectivity index (χ2v) is 34.8. The first kappa shape index (κ1) is 94.6. The lowest BCUT2D eigenvalue weighted by molar-refractivity contribution is -0.146. The molecule has 0 unspecified atom stereocenters. The standard InChI is InChI=1S/2C27H35N3O4.C26H35N3O2.C25H33N3O/c1-4-32-26(31)19-34-22-11-12-24-23(17-22)28-25(18-29-13-6-5-7-14-29)30(24)15-16-33-27-20(2)9-8-10-21(27)3;1-4-32-26(31)19-34-22-11-12-23-24(17-22)30(25(28-23)18-29-13-6-5-7-14-29)15-16-33-27-20(2)9-8-10-21(27)3;1-4-16-30-22-11-12-23-24(18-22)29(25(27-23)19-28-13-6-5-7-14-28)15-17-31-26-20(2)9-8-10-21(26)3;1-19(2)21-12-11-20(3)17-24(21)29-16-15-28-23-10-6-5-9-22(23)26-25(28)18-27-13-7-4-8-14-27/h2*8-12,17H,4-7,13-16,18-19H2,1-3H3;8-12,18H,4-7,13-17,19H2,1-3H3;5-6,9-12,17,19H,4,7-8,13-16,18H2,1-3H3. The fraction of sp³-hybridized carbons (Fsp3) is 0.486. The van der Waals surface area contributed by atoms with Crippen LogP contribution in [0.15, 0.2) is 152 Å². The van der Waals surface area contributed by atoms with Crippen LogP contribution < -0.4 is 33.2 Å². The van der Waals surface area contributed by atoms with Crippen molar-refractivity contribution in [3.8, 4) is 40.2 Å². The summed E-state index contributed by atoms with van der Waals surface area (Å²) in [5, 5.41) is 0. The zero-order chi connectivity index (χ0) is 89.7. The lowest BCUT2D eigenvalue weighted by atomic mass is 10.0. The van der Waals surface area contributed by atoms with Crippen LogP contribution in [0, 0.1) is 48.5 Å². The fourth-order valence-corrected chi connectivity index (χ4v) is 17.8. The van der Waals surface area contributed by atoms with Crippen LogP contribution in [0.1, 0.15) is 192 Å². The Labute approximate surface area is 758 Å². The fourth-order valence-electron chi connectivity index (χ4n) is 17.8. The number of aryl methyl sites for hydroxylation is 7. The minimum atomic E-state index is -0.373. The summed E-state index contributed by atoms with van der Waals surface area (Å²) in [6, 6.07) is 51.5. The molecule has 23 heteroatoms. The summed E-state index contributed by atoms with van der Waals surface area (Å²) in [5.41, 5.74) is 17.7. The van der Waals surface area contributed by atoms with E-state index in [2.05, 4.69) is 216 Å². The van der Waals surface area contributed by atoms with Gasteiger partial charge in [-0.3, -0.25) is 19.6 Å². The van der Waals surface area contributed by atoms with Crippen molar-refractivity contribution in [1.29, 1.82) is 0 Å². The maximum atomic E-state index is 11.7. The van der Waals surface area contributed by atoms with Gasteiger partial charge in [-0.15, -0.1) is 0 Å². The SMILES string of the molecule is CCCOc1ccc2nc(CN3CCCCC3)n(CCOc3c(C)cccc3C)c2c1.CCOC(=O)COc1ccc2c(c1)nc(CN1CCCCC1)n2CCOc1c(C)cccc1C.CCOC(=O)COc1ccc2nc(CN3CCCCC3)n(CCOc3c(C)cccc3C)c2c1.Cc1ccc(C(C)C)c(OCCn2c(CN3CCCCC3)nc3ccccc32)c1. The van der Waals surface area contributed by atoms with Gasteiger partial charge in [-0.1, -0.05) is 125 Å². The molecule has 0 saturated carbocycles. The highest BCUT2D eigenvalue weighted by atomic mass is 16.6. The predicted octanol–water partition coefficient (Wildman–Crippen LogP) is 20.4. The molecule has 0 bridgehead atoms. The number of hydrogen-bond donors (Lipinski definition) is 0. The van der Waals surface area contributed by atoms with E-state index in [9.17, 15) is 9.59 Å². The Bertz CT molecular complexity index is 5470. The van der Waals surface area contributed by atoms with Gasteiger partial charge in [0.25, 0.3) is 0 Å². The molecule has 0 amide bonds. The van der Waals surface area contributed by atoms with Crippen molar-refractivity contribution < 1.29 is 52.2 Å². The van der Waals surface area contributed by atoms with Gasteiger partial charge in [-0.05, 0) is 277 Å². The molecule has 4 fully saturated rings. The van der Waals surface area contributed by atoms with Crippen molar-refractivity contribution in [3.05, 3.63) is 219 Å². The third kappa shape index (κ3) is 26.4. The number of ether oxygens (including phenoxy) is 9. The number of rotatable bonds is 36.